The van der Waals surface area contributed by atoms with Gasteiger partial charge in [0, 0.05) is 0 Å². The summed E-state index contributed by atoms with van der Waals surface area (Å²) in [4.78, 5) is 12.6. The number of carbonyl (C=O) groups excluding carboxylic acids is 1. The zero-order chi connectivity index (χ0) is 18.6. The summed E-state index contributed by atoms with van der Waals surface area (Å²) in [6.07, 6.45) is 2.90. The Labute approximate surface area is 154 Å². The minimum atomic E-state index is -0.340. The SMILES string of the molecule is COc1cccc(C2(NC(=O)NC(C)c3cccc(C#N)c3)CCC2)c1. The molecule has 0 radical (unpaired) electrons. The molecule has 0 aliphatic heterocycles. The van der Waals surface area contributed by atoms with E-state index in [1.165, 1.54) is 0 Å². The molecule has 2 amide bonds. The molecule has 0 bridgehead atoms. The number of nitrogens with zero attached hydrogens (tertiary/aromatic N) is 1. The number of carbonyl (C=O) groups is 1. The van der Waals surface area contributed by atoms with E-state index in [0.29, 0.717) is 5.56 Å². The number of nitrogens with one attached hydrogen (secondary N) is 2. The van der Waals surface area contributed by atoms with Crippen LogP contribution in [0.15, 0.2) is 48.5 Å². The number of ether oxygens (including phenoxy) is 1. The Hall–Kier alpha value is -3.00. The molecule has 2 aromatic rings. The van der Waals surface area contributed by atoms with Gasteiger partial charge in [-0.3, -0.25) is 0 Å². The zero-order valence-electron chi connectivity index (χ0n) is 15.1. The molecule has 26 heavy (non-hydrogen) atoms. The van der Waals surface area contributed by atoms with E-state index in [2.05, 4.69) is 16.7 Å². The summed E-state index contributed by atoms with van der Waals surface area (Å²) in [5.41, 5.74) is 2.22. The van der Waals surface area contributed by atoms with Crippen molar-refractivity contribution < 1.29 is 9.53 Å². The number of nitriles is 1. The first kappa shape index (κ1) is 17.8. The van der Waals surface area contributed by atoms with Crippen molar-refractivity contribution in [1.29, 1.82) is 5.26 Å². The Kier molecular flexibility index (Phi) is 5.13. The second-order valence-electron chi connectivity index (χ2n) is 6.73. The fourth-order valence-corrected chi connectivity index (χ4v) is 3.35. The predicted molar refractivity (Wildman–Crippen MR) is 99.8 cm³/mol. The quantitative estimate of drug-likeness (QED) is 0.856. The Morgan fingerprint density at radius 1 is 1.23 bits per heavy atom. The molecule has 1 aliphatic carbocycles. The second-order valence-corrected chi connectivity index (χ2v) is 6.73. The standard InChI is InChI=1S/C21H23N3O2/c1-15(17-7-3-6-16(12-17)14-22)23-20(25)24-21(10-5-11-21)18-8-4-9-19(13-18)26-2/h3-4,6-9,12-13,15H,5,10-11H2,1-2H3,(H2,23,24,25). The fourth-order valence-electron chi connectivity index (χ4n) is 3.35. The Morgan fingerprint density at radius 3 is 2.65 bits per heavy atom. The van der Waals surface area contributed by atoms with Gasteiger partial charge in [-0.2, -0.15) is 5.26 Å². The molecule has 134 valence electrons. The minimum absolute atomic E-state index is 0.189. The highest BCUT2D eigenvalue weighted by Crippen LogP contribution is 2.42. The maximum Gasteiger partial charge on any atom is 0.315 e. The summed E-state index contributed by atoms with van der Waals surface area (Å²) >= 11 is 0. The summed E-state index contributed by atoms with van der Waals surface area (Å²) in [7, 11) is 1.64. The van der Waals surface area contributed by atoms with Crippen molar-refractivity contribution in [3.05, 3.63) is 65.2 Å². The number of benzene rings is 2. The molecule has 1 unspecified atom stereocenters. The summed E-state index contributed by atoms with van der Waals surface area (Å²) in [5.74, 6) is 0.790. The normalized spacial score (nSPS) is 15.9. The van der Waals surface area contributed by atoms with Crippen molar-refractivity contribution in [2.45, 2.75) is 37.8 Å². The van der Waals surface area contributed by atoms with Crippen LogP contribution in [0.4, 0.5) is 4.79 Å². The highest BCUT2D eigenvalue weighted by molar-refractivity contribution is 5.76. The van der Waals surface area contributed by atoms with Gasteiger partial charge in [-0.1, -0.05) is 24.3 Å². The average molecular weight is 349 g/mol. The largest absolute Gasteiger partial charge is 0.497 e. The van der Waals surface area contributed by atoms with Crippen LogP contribution in [0.1, 0.15) is 48.9 Å². The van der Waals surface area contributed by atoms with Gasteiger partial charge in [0.1, 0.15) is 5.75 Å². The number of amides is 2. The second kappa shape index (κ2) is 7.49. The first-order chi connectivity index (χ1) is 12.6. The third-order valence-electron chi connectivity index (χ3n) is 5.05. The van der Waals surface area contributed by atoms with Crippen LogP contribution >= 0.6 is 0 Å². The van der Waals surface area contributed by atoms with Crippen LogP contribution < -0.4 is 15.4 Å². The maximum atomic E-state index is 12.6. The number of rotatable bonds is 5. The summed E-state index contributed by atoms with van der Waals surface area (Å²) in [6.45, 7) is 1.91. The molecule has 5 heteroatoms. The van der Waals surface area contributed by atoms with Crippen LogP contribution in [0.5, 0.6) is 5.75 Å². The summed E-state index contributed by atoms with van der Waals surface area (Å²) in [5, 5.41) is 15.2. The molecule has 1 aliphatic rings. The molecule has 1 atom stereocenters. The van der Waals surface area contributed by atoms with Crippen LogP contribution in [0.25, 0.3) is 0 Å². The molecule has 0 aromatic heterocycles. The molecule has 1 saturated carbocycles. The van der Waals surface area contributed by atoms with Crippen LogP contribution in [0.3, 0.4) is 0 Å². The fraction of sp³-hybridized carbons (Fsp3) is 0.333. The van der Waals surface area contributed by atoms with Gasteiger partial charge in [-0.25, -0.2) is 4.79 Å². The molecule has 1 fully saturated rings. The third kappa shape index (κ3) is 3.65. The first-order valence-corrected chi connectivity index (χ1v) is 8.79. The molecular weight excluding hydrogens is 326 g/mol. The van der Waals surface area contributed by atoms with Crippen LogP contribution in [0.2, 0.25) is 0 Å². The van der Waals surface area contributed by atoms with Gasteiger partial charge >= 0.3 is 6.03 Å². The maximum absolute atomic E-state index is 12.6. The number of methoxy groups -OCH3 is 1. The van der Waals surface area contributed by atoms with Crippen molar-refractivity contribution in [2.75, 3.05) is 7.11 Å². The van der Waals surface area contributed by atoms with Crippen LogP contribution in [-0.4, -0.2) is 13.1 Å². The minimum Gasteiger partial charge on any atom is -0.497 e. The lowest BCUT2D eigenvalue weighted by Crippen LogP contribution is -2.54. The number of urea groups is 1. The van der Waals surface area contributed by atoms with Crippen molar-refractivity contribution in [3.8, 4) is 11.8 Å². The van der Waals surface area contributed by atoms with Crippen LogP contribution in [-0.2, 0) is 5.54 Å². The lowest BCUT2D eigenvalue weighted by Gasteiger charge is -2.43. The Morgan fingerprint density at radius 2 is 2.00 bits per heavy atom. The molecular formula is C21H23N3O2. The van der Waals surface area contributed by atoms with Crippen molar-refractivity contribution in [1.82, 2.24) is 10.6 Å². The molecule has 0 spiro atoms. The van der Waals surface area contributed by atoms with Gasteiger partial charge < -0.3 is 15.4 Å². The highest BCUT2D eigenvalue weighted by atomic mass is 16.5. The Bertz CT molecular complexity index is 837. The van der Waals surface area contributed by atoms with Gasteiger partial charge in [-0.15, -0.1) is 0 Å². The van der Waals surface area contributed by atoms with E-state index in [9.17, 15) is 4.79 Å². The van der Waals surface area contributed by atoms with Gasteiger partial charge in [-0.05, 0) is 61.6 Å². The van der Waals surface area contributed by atoms with Crippen LogP contribution in [0, 0.1) is 11.3 Å². The van der Waals surface area contributed by atoms with Crippen molar-refractivity contribution in [2.24, 2.45) is 0 Å². The van der Waals surface area contributed by atoms with E-state index in [1.54, 1.807) is 19.2 Å². The monoisotopic (exact) mass is 349 g/mol. The van der Waals surface area contributed by atoms with E-state index in [-0.39, 0.29) is 17.6 Å². The van der Waals surface area contributed by atoms with Gasteiger partial charge in [0.25, 0.3) is 0 Å². The van der Waals surface area contributed by atoms with Crippen molar-refractivity contribution in [3.63, 3.8) is 0 Å². The number of hydrogen-bond donors (Lipinski definition) is 2. The molecule has 2 aromatic carbocycles. The first-order valence-electron chi connectivity index (χ1n) is 8.79. The van der Waals surface area contributed by atoms with Gasteiger partial charge in [0.05, 0.1) is 30.3 Å². The molecule has 5 nitrogen and oxygen atoms in total. The van der Waals surface area contributed by atoms with E-state index >= 15 is 0 Å². The summed E-state index contributed by atoms with van der Waals surface area (Å²) in [6, 6.07) is 16.9. The average Bonchev–Trinajstić information content (AvgIpc) is 2.64. The van der Waals surface area contributed by atoms with Gasteiger partial charge in [0.15, 0.2) is 0 Å². The van der Waals surface area contributed by atoms with E-state index in [0.717, 1.165) is 36.1 Å². The van der Waals surface area contributed by atoms with E-state index in [1.807, 2.05) is 43.3 Å². The lowest BCUT2D eigenvalue weighted by molar-refractivity contribution is 0.175. The lowest BCUT2D eigenvalue weighted by atomic mass is 9.72. The van der Waals surface area contributed by atoms with E-state index < -0.39 is 0 Å². The van der Waals surface area contributed by atoms with E-state index in [4.69, 9.17) is 10.00 Å². The molecule has 0 heterocycles. The van der Waals surface area contributed by atoms with Gasteiger partial charge in [0.2, 0.25) is 0 Å². The smallest absolute Gasteiger partial charge is 0.315 e. The topological polar surface area (TPSA) is 74.2 Å². The molecule has 3 rings (SSSR count). The third-order valence-corrected chi connectivity index (χ3v) is 5.05. The van der Waals surface area contributed by atoms with Crippen molar-refractivity contribution >= 4 is 6.03 Å². The predicted octanol–water partition coefficient (Wildman–Crippen LogP) is 4.01. The number of hydrogen-bond acceptors (Lipinski definition) is 3. The molecule has 0 saturated heterocycles. The zero-order valence-corrected chi connectivity index (χ0v) is 15.1. The summed E-state index contributed by atoms with van der Waals surface area (Å²) < 4.78 is 5.31. The highest BCUT2D eigenvalue weighted by Gasteiger charge is 2.40. The molecule has 2 N–H and O–H groups in total. The Balaban J connectivity index is 1.70.